The summed E-state index contributed by atoms with van der Waals surface area (Å²) in [5.41, 5.74) is 4.06. The summed E-state index contributed by atoms with van der Waals surface area (Å²) in [6, 6.07) is 10.0. The van der Waals surface area contributed by atoms with E-state index in [1.165, 1.54) is 0 Å². The van der Waals surface area contributed by atoms with E-state index in [0.717, 1.165) is 55.0 Å². The highest BCUT2D eigenvalue weighted by Crippen LogP contribution is 2.19. The lowest BCUT2D eigenvalue weighted by molar-refractivity contribution is 0.0691. The molecule has 0 spiro atoms. The Morgan fingerprint density at radius 1 is 1.24 bits per heavy atom. The number of carbonyl (C=O) groups is 1. The average molecular weight is 340 g/mol. The zero-order valence-electron chi connectivity index (χ0n) is 15.5. The van der Waals surface area contributed by atoms with Crippen molar-refractivity contribution in [1.29, 1.82) is 0 Å². The monoisotopic (exact) mass is 340 g/mol. The van der Waals surface area contributed by atoms with Gasteiger partial charge in [-0.15, -0.1) is 0 Å². The number of amides is 1. The number of aryl methyl sites for hydroxylation is 2. The van der Waals surface area contributed by atoms with E-state index in [4.69, 9.17) is 0 Å². The Morgan fingerprint density at radius 2 is 2.00 bits per heavy atom. The number of aromatic nitrogens is 2. The summed E-state index contributed by atoms with van der Waals surface area (Å²) in [5.74, 6) is 0.838. The van der Waals surface area contributed by atoms with Gasteiger partial charge in [0, 0.05) is 24.3 Å². The summed E-state index contributed by atoms with van der Waals surface area (Å²) < 4.78 is 1.99. The Balaban J connectivity index is 1.67. The number of hydrogen-bond acceptors (Lipinski definition) is 3. The van der Waals surface area contributed by atoms with Crippen LogP contribution in [0.1, 0.15) is 40.2 Å². The highest BCUT2D eigenvalue weighted by Gasteiger charge is 2.23. The number of piperidine rings is 1. The van der Waals surface area contributed by atoms with E-state index in [1.54, 1.807) is 0 Å². The van der Waals surface area contributed by atoms with Gasteiger partial charge < -0.3 is 10.2 Å². The third kappa shape index (κ3) is 4.28. The summed E-state index contributed by atoms with van der Waals surface area (Å²) in [6.07, 6.45) is 2.16. The van der Waals surface area contributed by atoms with Crippen molar-refractivity contribution in [3.05, 3.63) is 52.8 Å². The van der Waals surface area contributed by atoms with Crippen LogP contribution in [0.25, 0.3) is 0 Å². The molecule has 2 aromatic rings. The molecule has 1 aliphatic heterocycles. The van der Waals surface area contributed by atoms with Crippen LogP contribution in [0.4, 0.5) is 0 Å². The van der Waals surface area contributed by atoms with Crippen molar-refractivity contribution in [2.75, 3.05) is 26.7 Å². The largest absolute Gasteiger partial charge is 0.339 e. The van der Waals surface area contributed by atoms with E-state index >= 15 is 0 Å². The molecule has 1 aliphatic rings. The zero-order valence-corrected chi connectivity index (χ0v) is 15.5. The minimum Gasteiger partial charge on any atom is -0.339 e. The maximum Gasteiger partial charge on any atom is 0.253 e. The van der Waals surface area contributed by atoms with Crippen LogP contribution < -0.4 is 5.32 Å². The van der Waals surface area contributed by atoms with Gasteiger partial charge in [0.25, 0.3) is 5.91 Å². The van der Waals surface area contributed by atoms with Crippen molar-refractivity contribution >= 4 is 5.91 Å². The van der Waals surface area contributed by atoms with Crippen molar-refractivity contribution in [3.63, 3.8) is 0 Å². The van der Waals surface area contributed by atoms with Gasteiger partial charge in [-0.1, -0.05) is 12.1 Å². The normalized spacial score (nSPS) is 15.6. The van der Waals surface area contributed by atoms with E-state index in [-0.39, 0.29) is 5.91 Å². The molecule has 2 heterocycles. The van der Waals surface area contributed by atoms with Gasteiger partial charge in [-0.3, -0.25) is 9.48 Å². The Bertz CT molecular complexity index is 729. The highest BCUT2D eigenvalue weighted by atomic mass is 16.2. The Labute approximate surface area is 150 Å². The van der Waals surface area contributed by atoms with Crippen LogP contribution in [0.2, 0.25) is 0 Å². The second kappa shape index (κ2) is 7.83. The van der Waals surface area contributed by atoms with Crippen LogP contribution in [-0.4, -0.2) is 47.3 Å². The molecule has 0 bridgehead atoms. The van der Waals surface area contributed by atoms with E-state index in [0.29, 0.717) is 12.5 Å². The molecule has 0 radical (unpaired) electrons. The topological polar surface area (TPSA) is 50.2 Å². The highest BCUT2D eigenvalue weighted by molar-refractivity contribution is 5.94. The smallest absolute Gasteiger partial charge is 0.253 e. The molecule has 1 saturated heterocycles. The minimum atomic E-state index is 0.151. The van der Waals surface area contributed by atoms with E-state index in [2.05, 4.69) is 29.5 Å². The van der Waals surface area contributed by atoms with Gasteiger partial charge in [-0.05, 0) is 70.0 Å². The first-order valence-electron chi connectivity index (χ1n) is 9.10. The molecule has 5 nitrogen and oxygen atoms in total. The number of nitrogens with one attached hydrogen (secondary N) is 1. The summed E-state index contributed by atoms with van der Waals surface area (Å²) >= 11 is 0. The average Bonchev–Trinajstić information content (AvgIpc) is 2.93. The van der Waals surface area contributed by atoms with Gasteiger partial charge in [0.1, 0.15) is 0 Å². The van der Waals surface area contributed by atoms with Gasteiger partial charge in [0.15, 0.2) is 0 Å². The number of carbonyl (C=O) groups excluding carboxylic acids is 1. The van der Waals surface area contributed by atoms with Crippen LogP contribution in [0.3, 0.4) is 0 Å². The molecule has 1 aromatic heterocycles. The molecule has 0 aliphatic carbocycles. The quantitative estimate of drug-likeness (QED) is 0.910. The fraction of sp³-hybridized carbons (Fsp3) is 0.500. The molecular formula is C20H28N4O. The number of benzene rings is 1. The maximum absolute atomic E-state index is 12.8. The Hall–Kier alpha value is -2.14. The Kier molecular flexibility index (Phi) is 5.53. The van der Waals surface area contributed by atoms with E-state index in [1.807, 2.05) is 41.8 Å². The number of nitrogens with zero attached hydrogens (tertiary/aromatic N) is 3. The van der Waals surface area contributed by atoms with Crippen molar-refractivity contribution in [2.45, 2.75) is 33.2 Å². The zero-order chi connectivity index (χ0) is 17.8. The van der Waals surface area contributed by atoms with Gasteiger partial charge >= 0.3 is 0 Å². The molecule has 0 saturated carbocycles. The lowest BCUT2D eigenvalue weighted by Gasteiger charge is -2.32. The summed E-state index contributed by atoms with van der Waals surface area (Å²) in [4.78, 5) is 14.8. The van der Waals surface area contributed by atoms with E-state index < -0.39 is 0 Å². The lowest BCUT2D eigenvalue weighted by Crippen LogP contribution is -2.40. The first kappa shape index (κ1) is 17.7. The second-order valence-electron chi connectivity index (χ2n) is 7.08. The maximum atomic E-state index is 12.8. The first-order valence-corrected chi connectivity index (χ1v) is 9.10. The minimum absolute atomic E-state index is 0.151. The molecule has 134 valence electrons. The molecule has 1 fully saturated rings. The Morgan fingerprint density at radius 3 is 2.64 bits per heavy atom. The summed E-state index contributed by atoms with van der Waals surface area (Å²) in [6.45, 7) is 7.51. The third-order valence-corrected chi connectivity index (χ3v) is 5.00. The van der Waals surface area contributed by atoms with Crippen molar-refractivity contribution in [1.82, 2.24) is 20.0 Å². The number of rotatable bonds is 5. The predicted molar refractivity (Wildman–Crippen MR) is 99.8 cm³/mol. The standard InChI is InChI=1S/C20H28N4O/c1-15-11-16(2)24(22-15)14-18-5-4-6-19(12-18)20(25)23-9-7-17(8-10-23)13-21-3/h4-6,11-12,17,21H,7-10,13-14H2,1-3H3. The molecule has 5 heteroatoms. The summed E-state index contributed by atoms with van der Waals surface area (Å²) in [7, 11) is 1.99. The predicted octanol–water partition coefficient (Wildman–Crippen LogP) is 2.62. The van der Waals surface area contributed by atoms with Crippen LogP contribution in [0.5, 0.6) is 0 Å². The van der Waals surface area contributed by atoms with Crippen molar-refractivity contribution in [3.8, 4) is 0 Å². The molecule has 1 aromatic carbocycles. The van der Waals surface area contributed by atoms with Crippen LogP contribution in [-0.2, 0) is 6.54 Å². The lowest BCUT2D eigenvalue weighted by atomic mass is 9.96. The van der Waals surface area contributed by atoms with Gasteiger partial charge in [-0.2, -0.15) is 5.10 Å². The second-order valence-corrected chi connectivity index (χ2v) is 7.08. The van der Waals surface area contributed by atoms with Crippen LogP contribution >= 0.6 is 0 Å². The number of hydrogen-bond donors (Lipinski definition) is 1. The molecule has 1 amide bonds. The van der Waals surface area contributed by atoms with Gasteiger partial charge in [-0.25, -0.2) is 0 Å². The number of likely N-dealkylation sites (tertiary alicyclic amines) is 1. The molecule has 0 atom stereocenters. The van der Waals surface area contributed by atoms with Crippen LogP contribution in [0, 0.1) is 19.8 Å². The molecule has 0 unspecified atom stereocenters. The summed E-state index contributed by atoms with van der Waals surface area (Å²) in [5, 5.41) is 7.75. The van der Waals surface area contributed by atoms with Crippen molar-refractivity contribution in [2.24, 2.45) is 5.92 Å². The third-order valence-electron chi connectivity index (χ3n) is 5.00. The van der Waals surface area contributed by atoms with Gasteiger partial charge in [0.2, 0.25) is 0 Å². The molecule has 3 rings (SSSR count). The fourth-order valence-electron chi connectivity index (χ4n) is 3.62. The van der Waals surface area contributed by atoms with Crippen LogP contribution in [0.15, 0.2) is 30.3 Å². The van der Waals surface area contributed by atoms with Crippen molar-refractivity contribution < 1.29 is 4.79 Å². The SMILES string of the molecule is CNCC1CCN(C(=O)c2cccc(Cn3nc(C)cc3C)c2)CC1. The van der Waals surface area contributed by atoms with Gasteiger partial charge in [0.05, 0.1) is 12.2 Å². The molecular weight excluding hydrogens is 312 g/mol. The first-order chi connectivity index (χ1) is 12.1. The molecule has 25 heavy (non-hydrogen) atoms. The fourth-order valence-corrected chi connectivity index (χ4v) is 3.62. The molecule has 1 N–H and O–H groups in total. The van der Waals surface area contributed by atoms with E-state index in [9.17, 15) is 4.79 Å².